The van der Waals surface area contributed by atoms with Gasteiger partial charge >= 0.3 is 0 Å². The Hall–Kier alpha value is -0.580. The van der Waals surface area contributed by atoms with Crippen LogP contribution in [0.4, 0.5) is 5.13 Å². The van der Waals surface area contributed by atoms with Crippen LogP contribution in [0.3, 0.4) is 0 Å². The average molecular weight is 271 g/mol. The van der Waals surface area contributed by atoms with Crippen LogP contribution in [0.25, 0.3) is 0 Å². The molecule has 0 bridgehead atoms. The van der Waals surface area contributed by atoms with Gasteiger partial charge in [0.05, 0.1) is 6.04 Å². The average Bonchev–Trinajstić information content (AvgIpc) is 2.87. The van der Waals surface area contributed by atoms with Gasteiger partial charge in [-0.05, 0) is 30.4 Å². The molecule has 2 nitrogen and oxygen atoms in total. The maximum Gasteiger partial charge on any atom is 0.187 e. The summed E-state index contributed by atoms with van der Waals surface area (Å²) in [6, 6.07) is 2.64. The van der Waals surface area contributed by atoms with Crippen LogP contribution in [0.5, 0.6) is 0 Å². The predicted molar refractivity (Wildman–Crippen MR) is 70.9 cm³/mol. The Morgan fingerprint density at radius 2 is 2.38 bits per heavy atom. The fourth-order valence-corrected chi connectivity index (χ4v) is 4.17. The van der Waals surface area contributed by atoms with Crippen molar-refractivity contribution in [3.8, 4) is 0 Å². The first-order valence-corrected chi connectivity index (χ1v) is 7.33. The molecule has 0 N–H and O–H groups in total. The van der Waals surface area contributed by atoms with Crippen LogP contribution >= 0.6 is 34.3 Å². The van der Waals surface area contributed by atoms with E-state index in [-0.39, 0.29) is 0 Å². The summed E-state index contributed by atoms with van der Waals surface area (Å²) < 4.78 is 0. The standard InChI is InChI=1S/C11H11ClN2S2/c1-7-8-3-5-15-9(8)2-4-14(7)11-13-10(12)6-16-11/h3,5-7H,2,4H2,1H3. The molecular weight excluding hydrogens is 260 g/mol. The van der Waals surface area contributed by atoms with E-state index in [9.17, 15) is 0 Å². The summed E-state index contributed by atoms with van der Waals surface area (Å²) in [4.78, 5) is 8.21. The van der Waals surface area contributed by atoms with Gasteiger partial charge in [-0.15, -0.1) is 22.7 Å². The van der Waals surface area contributed by atoms with Gasteiger partial charge in [-0.2, -0.15) is 0 Å². The van der Waals surface area contributed by atoms with E-state index in [2.05, 4.69) is 28.3 Å². The lowest BCUT2D eigenvalue weighted by molar-refractivity contribution is 0.631. The molecule has 0 spiro atoms. The Morgan fingerprint density at radius 1 is 1.50 bits per heavy atom. The Balaban J connectivity index is 1.95. The highest BCUT2D eigenvalue weighted by molar-refractivity contribution is 7.14. The molecular formula is C11H11ClN2S2. The molecule has 16 heavy (non-hydrogen) atoms. The van der Waals surface area contributed by atoms with E-state index in [1.54, 1.807) is 11.3 Å². The van der Waals surface area contributed by atoms with Crippen molar-refractivity contribution in [3.63, 3.8) is 0 Å². The van der Waals surface area contributed by atoms with Crippen molar-refractivity contribution in [1.29, 1.82) is 0 Å². The first kappa shape index (κ1) is 10.6. The zero-order valence-electron chi connectivity index (χ0n) is 8.81. The van der Waals surface area contributed by atoms with Crippen LogP contribution in [0, 0.1) is 0 Å². The summed E-state index contributed by atoms with van der Waals surface area (Å²) in [5.41, 5.74) is 1.45. The molecule has 0 amide bonds. The largest absolute Gasteiger partial charge is 0.341 e. The van der Waals surface area contributed by atoms with Crippen molar-refractivity contribution in [2.75, 3.05) is 11.4 Å². The normalized spacial score (nSPS) is 19.9. The first-order valence-electron chi connectivity index (χ1n) is 5.19. The number of hydrogen-bond acceptors (Lipinski definition) is 4. The molecule has 3 heterocycles. The number of aromatic nitrogens is 1. The van der Waals surface area contributed by atoms with Crippen molar-refractivity contribution < 1.29 is 0 Å². The summed E-state index contributed by atoms with van der Waals surface area (Å²) in [7, 11) is 0. The second kappa shape index (κ2) is 4.02. The Labute approximate surface area is 108 Å². The molecule has 3 rings (SSSR count). The second-order valence-electron chi connectivity index (χ2n) is 3.87. The molecule has 5 heteroatoms. The number of halogens is 1. The van der Waals surface area contributed by atoms with E-state index in [0.717, 1.165) is 18.1 Å². The number of rotatable bonds is 1. The quantitative estimate of drug-likeness (QED) is 0.779. The van der Waals surface area contributed by atoms with Crippen molar-refractivity contribution in [1.82, 2.24) is 4.98 Å². The van der Waals surface area contributed by atoms with Gasteiger partial charge in [0.25, 0.3) is 0 Å². The maximum atomic E-state index is 5.88. The molecule has 1 aliphatic heterocycles. The van der Waals surface area contributed by atoms with Gasteiger partial charge in [0, 0.05) is 16.8 Å². The number of fused-ring (bicyclic) bond motifs is 1. The maximum absolute atomic E-state index is 5.88. The highest BCUT2D eigenvalue weighted by Gasteiger charge is 2.26. The minimum Gasteiger partial charge on any atom is -0.341 e. The zero-order chi connectivity index (χ0) is 11.1. The van der Waals surface area contributed by atoms with E-state index in [0.29, 0.717) is 11.2 Å². The van der Waals surface area contributed by atoms with Gasteiger partial charge in [0.1, 0.15) is 5.15 Å². The molecule has 0 radical (unpaired) electrons. The Kier molecular flexibility index (Phi) is 2.65. The van der Waals surface area contributed by atoms with E-state index in [1.807, 2.05) is 16.7 Å². The Morgan fingerprint density at radius 3 is 3.12 bits per heavy atom. The van der Waals surface area contributed by atoms with Crippen LogP contribution in [0.1, 0.15) is 23.4 Å². The van der Waals surface area contributed by atoms with Gasteiger partial charge in [0.15, 0.2) is 5.13 Å². The third-order valence-electron chi connectivity index (χ3n) is 2.99. The number of hydrogen-bond donors (Lipinski definition) is 0. The molecule has 84 valence electrons. The number of anilines is 1. The van der Waals surface area contributed by atoms with Gasteiger partial charge in [-0.1, -0.05) is 11.6 Å². The lowest BCUT2D eigenvalue weighted by Crippen LogP contribution is -2.32. The Bertz CT molecular complexity index is 506. The third-order valence-corrected chi connectivity index (χ3v) is 5.18. The monoisotopic (exact) mass is 270 g/mol. The summed E-state index contributed by atoms with van der Waals surface area (Å²) in [5.74, 6) is 0. The van der Waals surface area contributed by atoms with Gasteiger partial charge in [-0.3, -0.25) is 0 Å². The van der Waals surface area contributed by atoms with E-state index < -0.39 is 0 Å². The van der Waals surface area contributed by atoms with Crippen LogP contribution in [0.2, 0.25) is 5.15 Å². The van der Waals surface area contributed by atoms with Crippen molar-refractivity contribution >= 4 is 39.4 Å². The topological polar surface area (TPSA) is 16.1 Å². The molecule has 0 saturated heterocycles. The summed E-state index contributed by atoms with van der Waals surface area (Å²) in [6.07, 6.45) is 1.12. The van der Waals surface area contributed by atoms with Crippen molar-refractivity contribution in [2.45, 2.75) is 19.4 Å². The minimum absolute atomic E-state index is 0.414. The number of thiophene rings is 1. The molecule has 1 aliphatic rings. The summed E-state index contributed by atoms with van der Waals surface area (Å²) >= 11 is 9.37. The molecule has 0 aliphatic carbocycles. The smallest absolute Gasteiger partial charge is 0.187 e. The molecule has 1 atom stereocenters. The van der Waals surface area contributed by atoms with Crippen LogP contribution < -0.4 is 4.90 Å². The predicted octanol–water partition coefficient (Wildman–Crippen LogP) is 3.98. The molecule has 2 aromatic rings. The SMILES string of the molecule is CC1c2ccsc2CCN1c1nc(Cl)cs1. The van der Waals surface area contributed by atoms with Crippen LogP contribution in [-0.2, 0) is 6.42 Å². The number of thiazole rings is 1. The molecule has 0 fully saturated rings. The first-order chi connectivity index (χ1) is 7.75. The van der Waals surface area contributed by atoms with E-state index in [1.165, 1.54) is 10.4 Å². The lowest BCUT2D eigenvalue weighted by Gasteiger charge is -2.33. The lowest BCUT2D eigenvalue weighted by atomic mass is 10.0. The van der Waals surface area contributed by atoms with Crippen LogP contribution in [-0.4, -0.2) is 11.5 Å². The highest BCUT2D eigenvalue weighted by atomic mass is 35.5. The molecule has 0 saturated carbocycles. The fourth-order valence-electron chi connectivity index (χ4n) is 2.15. The van der Waals surface area contributed by atoms with E-state index in [4.69, 9.17) is 11.6 Å². The zero-order valence-corrected chi connectivity index (χ0v) is 11.2. The fraction of sp³-hybridized carbons (Fsp3) is 0.364. The third kappa shape index (κ3) is 1.65. The molecule has 2 aromatic heterocycles. The highest BCUT2D eigenvalue weighted by Crippen LogP contribution is 2.37. The number of nitrogens with zero attached hydrogens (tertiary/aromatic N) is 2. The van der Waals surface area contributed by atoms with Gasteiger partial charge < -0.3 is 4.90 Å². The minimum atomic E-state index is 0.414. The van der Waals surface area contributed by atoms with Crippen molar-refractivity contribution in [2.24, 2.45) is 0 Å². The molecule has 0 aromatic carbocycles. The van der Waals surface area contributed by atoms with Crippen molar-refractivity contribution in [3.05, 3.63) is 32.4 Å². The van der Waals surface area contributed by atoms with Gasteiger partial charge in [0.2, 0.25) is 0 Å². The second-order valence-corrected chi connectivity index (χ2v) is 6.10. The summed E-state index contributed by atoms with van der Waals surface area (Å²) in [5, 5.41) is 5.71. The van der Waals surface area contributed by atoms with Crippen LogP contribution in [0.15, 0.2) is 16.8 Å². The summed E-state index contributed by atoms with van der Waals surface area (Å²) in [6.45, 7) is 3.28. The van der Waals surface area contributed by atoms with Gasteiger partial charge in [-0.25, -0.2) is 4.98 Å². The van der Waals surface area contributed by atoms with E-state index >= 15 is 0 Å². The molecule has 1 unspecified atom stereocenters.